The molecule has 1 aromatic carbocycles. The summed E-state index contributed by atoms with van der Waals surface area (Å²) in [6, 6.07) is 7.31. The van der Waals surface area contributed by atoms with E-state index in [1.54, 1.807) is 10.9 Å². The molecule has 0 spiro atoms. The summed E-state index contributed by atoms with van der Waals surface area (Å²) < 4.78 is 3.90. The van der Waals surface area contributed by atoms with Gasteiger partial charge in [-0.05, 0) is 24.3 Å². The van der Waals surface area contributed by atoms with Gasteiger partial charge in [-0.3, -0.25) is 19.3 Å². The number of benzene rings is 1. The summed E-state index contributed by atoms with van der Waals surface area (Å²) in [6.45, 7) is 7.99. The van der Waals surface area contributed by atoms with Crippen LogP contribution < -0.4 is 16.0 Å². The second-order valence-electron chi connectivity index (χ2n) is 11.3. The van der Waals surface area contributed by atoms with Crippen LogP contribution in [-0.2, 0) is 40.4 Å². The molecule has 5 rings (SSSR count). The third-order valence-corrected chi connectivity index (χ3v) is 7.83. The average Bonchev–Trinajstić information content (AvgIpc) is 3.71. The third-order valence-electron chi connectivity index (χ3n) is 7.83. The molecule has 1 saturated heterocycles. The smallest absolute Gasteiger partial charge is 0.243 e. The number of carbonyl (C=O) groups excluding carboxylic acids is 3. The van der Waals surface area contributed by atoms with Crippen LogP contribution in [0.25, 0.3) is 0 Å². The van der Waals surface area contributed by atoms with Crippen LogP contribution in [0, 0.1) is 5.92 Å². The molecule has 4 heterocycles. The first-order valence-electron chi connectivity index (χ1n) is 14.4. The Kier molecular flexibility index (Phi) is 8.77. The molecule has 12 heteroatoms. The van der Waals surface area contributed by atoms with E-state index in [4.69, 9.17) is 0 Å². The predicted octanol–water partition coefficient (Wildman–Crippen LogP) is 1.20. The van der Waals surface area contributed by atoms with Gasteiger partial charge >= 0.3 is 0 Å². The maximum atomic E-state index is 13.8. The molecule has 0 saturated carbocycles. The Morgan fingerprint density at radius 2 is 1.85 bits per heavy atom. The molecule has 3 N–H and O–H groups in total. The highest BCUT2D eigenvalue weighted by atomic mass is 16.2. The van der Waals surface area contributed by atoms with Crippen LogP contribution in [0.2, 0.25) is 0 Å². The SMILES string of the molecule is CCCn1ccnc1CN1C[C@@H]2C[C@H]1C(=O)N[C@@H](C(C)C)C(=O)N[C@H](Cc1ccccc1)C(=O)NCc1cn2nn1. The summed E-state index contributed by atoms with van der Waals surface area (Å²) in [6.07, 6.45) is 7.37. The van der Waals surface area contributed by atoms with Crippen LogP contribution in [0.3, 0.4) is 0 Å². The number of likely N-dealkylation sites (tertiary alicyclic amines) is 1. The fraction of sp³-hybridized carbons (Fsp3) is 0.517. The molecule has 218 valence electrons. The lowest BCUT2D eigenvalue weighted by Crippen LogP contribution is -2.58. The van der Waals surface area contributed by atoms with Crippen molar-refractivity contribution >= 4 is 17.7 Å². The van der Waals surface area contributed by atoms with Gasteiger partial charge in [-0.25, -0.2) is 9.67 Å². The van der Waals surface area contributed by atoms with Crippen molar-refractivity contribution in [1.82, 2.24) is 45.4 Å². The van der Waals surface area contributed by atoms with Crippen molar-refractivity contribution in [3.63, 3.8) is 0 Å². The molecule has 3 amide bonds. The highest BCUT2D eigenvalue weighted by Gasteiger charge is 2.41. The van der Waals surface area contributed by atoms with E-state index in [1.165, 1.54) is 0 Å². The number of fused-ring (bicyclic) bond motifs is 5. The standard InChI is InChI=1S/C29H39N9O3/c1-4-11-36-12-10-30-25(36)18-37-17-22-14-24(37)28(40)33-26(19(2)3)29(41)32-23(13-20-8-6-5-7-9-20)27(39)31-15-21-16-38(22)35-34-21/h5-10,12,16,19,22-24,26H,4,11,13-15,17-18H2,1-3H3,(H,31,39)(H,32,41)(H,33,40)/t22-,23+,24-,26-/m0/s1. The van der Waals surface area contributed by atoms with Gasteiger partial charge < -0.3 is 20.5 Å². The molecular weight excluding hydrogens is 522 g/mol. The van der Waals surface area contributed by atoms with Crippen molar-refractivity contribution in [3.8, 4) is 0 Å². The van der Waals surface area contributed by atoms with E-state index in [1.807, 2.05) is 56.6 Å². The Hall–Kier alpha value is -4.06. The molecule has 1 fully saturated rings. The van der Waals surface area contributed by atoms with Crippen LogP contribution in [0.1, 0.15) is 56.7 Å². The first-order chi connectivity index (χ1) is 19.8. The minimum atomic E-state index is -0.825. The first kappa shape index (κ1) is 28.5. The Balaban J connectivity index is 1.44. The lowest BCUT2D eigenvalue weighted by Gasteiger charge is -2.28. The number of nitrogens with one attached hydrogen (secondary N) is 3. The summed E-state index contributed by atoms with van der Waals surface area (Å²) in [7, 11) is 0. The highest BCUT2D eigenvalue weighted by molar-refractivity contribution is 5.93. The van der Waals surface area contributed by atoms with Gasteiger partial charge in [0.2, 0.25) is 17.7 Å². The third kappa shape index (κ3) is 6.64. The maximum Gasteiger partial charge on any atom is 0.243 e. The molecule has 12 nitrogen and oxygen atoms in total. The van der Waals surface area contributed by atoms with Gasteiger partial charge in [0.25, 0.3) is 0 Å². The fourth-order valence-electron chi connectivity index (χ4n) is 5.62. The normalized spacial score (nSPS) is 24.0. The second kappa shape index (κ2) is 12.6. The molecular formula is C29H39N9O3. The Morgan fingerprint density at radius 1 is 1.05 bits per heavy atom. The molecule has 2 aromatic heterocycles. The number of imidazole rings is 1. The van der Waals surface area contributed by atoms with Crippen LogP contribution in [0.5, 0.6) is 0 Å². The van der Waals surface area contributed by atoms with Crippen molar-refractivity contribution in [2.75, 3.05) is 6.54 Å². The van der Waals surface area contributed by atoms with E-state index in [2.05, 4.69) is 47.6 Å². The molecule has 2 aliphatic heterocycles. The zero-order chi connectivity index (χ0) is 28.9. The molecule has 3 aromatic rings. The number of aromatic nitrogens is 5. The van der Waals surface area contributed by atoms with Gasteiger partial charge in [-0.2, -0.15) is 0 Å². The number of hydrogen-bond donors (Lipinski definition) is 3. The average molecular weight is 562 g/mol. The molecule has 41 heavy (non-hydrogen) atoms. The molecule has 4 atom stereocenters. The van der Waals surface area contributed by atoms with Gasteiger partial charge in [0, 0.05) is 31.9 Å². The second-order valence-corrected chi connectivity index (χ2v) is 11.3. The minimum Gasteiger partial charge on any atom is -0.349 e. The Morgan fingerprint density at radius 3 is 2.61 bits per heavy atom. The largest absolute Gasteiger partial charge is 0.349 e. The van der Waals surface area contributed by atoms with Crippen LogP contribution in [-0.4, -0.2) is 71.8 Å². The van der Waals surface area contributed by atoms with Gasteiger partial charge in [0.05, 0.1) is 31.4 Å². The van der Waals surface area contributed by atoms with E-state index in [0.29, 0.717) is 31.6 Å². The molecule has 4 bridgehead atoms. The number of nitrogens with zero attached hydrogens (tertiary/aromatic N) is 6. The number of aryl methyl sites for hydroxylation is 1. The summed E-state index contributed by atoms with van der Waals surface area (Å²) >= 11 is 0. The molecule has 0 aliphatic carbocycles. The van der Waals surface area contributed by atoms with E-state index in [0.717, 1.165) is 24.4 Å². The zero-order valence-electron chi connectivity index (χ0n) is 23.9. The van der Waals surface area contributed by atoms with Crippen LogP contribution >= 0.6 is 0 Å². The lowest BCUT2D eigenvalue weighted by molar-refractivity contribution is -0.134. The Bertz CT molecular complexity index is 1350. The molecule has 2 aliphatic rings. The van der Waals surface area contributed by atoms with Crippen molar-refractivity contribution in [2.45, 2.75) is 83.8 Å². The van der Waals surface area contributed by atoms with Crippen LogP contribution in [0.4, 0.5) is 0 Å². The summed E-state index contributed by atoms with van der Waals surface area (Å²) in [5, 5.41) is 17.5. The lowest BCUT2D eigenvalue weighted by atomic mass is 10.00. The van der Waals surface area contributed by atoms with Crippen molar-refractivity contribution in [2.24, 2.45) is 5.92 Å². The van der Waals surface area contributed by atoms with E-state index in [9.17, 15) is 14.4 Å². The minimum absolute atomic E-state index is 0.0976. The molecule has 0 unspecified atom stereocenters. The molecule has 0 radical (unpaired) electrons. The highest BCUT2D eigenvalue weighted by Crippen LogP contribution is 2.29. The quantitative estimate of drug-likeness (QED) is 0.394. The van der Waals surface area contributed by atoms with Gasteiger partial charge in [-0.1, -0.05) is 56.3 Å². The fourth-order valence-corrected chi connectivity index (χ4v) is 5.62. The summed E-state index contributed by atoms with van der Waals surface area (Å²) in [4.78, 5) is 47.4. The summed E-state index contributed by atoms with van der Waals surface area (Å²) in [5.41, 5.74) is 1.52. The maximum absolute atomic E-state index is 13.8. The topological polar surface area (TPSA) is 139 Å². The summed E-state index contributed by atoms with van der Waals surface area (Å²) in [5.74, 6) is -0.238. The number of hydrogen-bond acceptors (Lipinski definition) is 7. The van der Waals surface area contributed by atoms with Crippen molar-refractivity contribution < 1.29 is 14.4 Å². The van der Waals surface area contributed by atoms with Gasteiger partial charge in [-0.15, -0.1) is 5.10 Å². The number of amides is 3. The van der Waals surface area contributed by atoms with Crippen molar-refractivity contribution in [3.05, 3.63) is 66.0 Å². The monoisotopic (exact) mass is 561 g/mol. The van der Waals surface area contributed by atoms with Crippen molar-refractivity contribution in [1.29, 1.82) is 0 Å². The Labute approximate surface area is 239 Å². The van der Waals surface area contributed by atoms with Gasteiger partial charge in [0.15, 0.2) is 0 Å². The van der Waals surface area contributed by atoms with Gasteiger partial charge in [0.1, 0.15) is 23.6 Å². The predicted molar refractivity (Wildman–Crippen MR) is 151 cm³/mol. The first-order valence-corrected chi connectivity index (χ1v) is 14.4. The van der Waals surface area contributed by atoms with E-state index >= 15 is 0 Å². The van der Waals surface area contributed by atoms with E-state index in [-0.39, 0.29) is 36.2 Å². The van der Waals surface area contributed by atoms with E-state index < -0.39 is 18.1 Å². The number of carbonyl (C=O) groups is 3. The zero-order valence-corrected chi connectivity index (χ0v) is 23.9. The van der Waals surface area contributed by atoms with Crippen LogP contribution in [0.15, 0.2) is 48.9 Å². The number of rotatable bonds is 7.